The van der Waals surface area contributed by atoms with Crippen LogP contribution in [-0.2, 0) is 9.53 Å². The lowest BCUT2D eigenvalue weighted by molar-refractivity contribution is -0.147. The third kappa shape index (κ3) is 2.48. The summed E-state index contributed by atoms with van der Waals surface area (Å²) in [6, 6.07) is 1.24. The van der Waals surface area contributed by atoms with E-state index in [1.54, 1.807) is 0 Å². The monoisotopic (exact) mass is 280 g/mol. The van der Waals surface area contributed by atoms with E-state index < -0.39 is 5.54 Å². The van der Waals surface area contributed by atoms with Gasteiger partial charge >= 0.3 is 5.97 Å². The van der Waals surface area contributed by atoms with Gasteiger partial charge in [0.2, 0.25) is 0 Å². The van der Waals surface area contributed by atoms with Crippen molar-refractivity contribution in [2.24, 2.45) is 11.7 Å². The van der Waals surface area contributed by atoms with Gasteiger partial charge < -0.3 is 10.5 Å². The van der Waals surface area contributed by atoms with Crippen molar-refractivity contribution in [3.05, 3.63) is 0 Å². The molecule has 0 radical (unpaired) electrons. The zero-order valence-electron chi connectivity index (χ0n) is 12.6. The number of rotatable bonds is 2. The van der Waals surface area contributed by atoms with E-state index in [1.807, 2.05) is 0 Å². The highest BCUT2D eigenvalue weighted by Gasteiger charge is 2.47. The second-order valence-corrected chi connectivity index (χ2v) is 7.04. The summed E-state index contributed by atoms with van der Waals surface area (Å²) in [6.07, 6.45) is 10.8. The van der Waals surface area contributed by atoms with E-state index in [0.717, 1.165) is 31.2 Å². The highest BCUT2D eigenvalue weighted by Crippen LogP contribution is 2.41. The largest absolute Gasteiger partial charge is 0.468 e. The molecule has 0 spiro atoms. The fraction of sp³-hybridized carbons (Fsp3) is 0.938. The lowest BCUT2D eigenvalue weighted by Gasteiger charge is -2.47. The van der Waals surface area contributed by atoms with Crippen LogP contribution in [0.15, 0.2) is 0 Å². The van der Waals surface area contributed by atoms with Gasteiger partial charge in [0.1, 0.15) is 5.54 Å². The van der Waals surface area contributed by atoms with Gasteiger partial charge in [0, 0.05) is 12.1 Å². The first-order valence-corrected chi connectivity index (χ1v) is 8.27. The molecule has 4 atom stereocenters. The van der Waals surface area contributed by atoms with E-state index in [2.05, 4.69) is 4.90 Å². The Bertz CT molecular complexity index is 371. The quantitative estimate of drug-likeness (QED) is 0.787. The summed E-state index contributed by atoms with van der Waals surface area (Å²) >= 11 is 0. The maximum Gasteiger partial charge on any atom is 0.325 e. The van der Waals surface area contributed by atoms with Crippen LogP contribution in [0.1, 0.15) is 57.8 Å². The highest BCUT2D eigenvalue weighted by molar-refractivity contribution is 5.81. The summed E-state index contributed by atoms with van der Waals surface area (Å²) in [5, 5.41) is 0. The summed E-state index contributed by atoms with van der Waals surface area (Å²) in [6.45, 7) is 1.20. The first-order chi connectivity index (χ1) is 9.64. The third-order valence-corrected chi connectivity index (χ3v) is 5.87. The Morgan fingerprint density at radius 1 is 1.20 bits per heavy atom. The molecule has 2 N–H and O–H groups in total. The molecule has 4 nitrogen and oxygen atoms in total. The lowest BCUT2D eigenvalue weighted by atomic mass is 9.77. The van der Waals surface area contributed by atoms with Crippen molar-refractivity contribution in [3.63, 3.8) is 0 Å². The SMILES string of the molecule is COC(=O)C1(N)CCC(N2CCC[C@H]3CCCC[C@H]32)C1. The summed E-state index contributed by atoms with van der Waals surface area (Å²) in [4.78, 5) is 14.6. The summed E-state index contributed by atoms with van der Waals surface area (Å²) in [5.41, 5.74) is 5.54. The molecule has 1 aliphatic heterocycles. The molecule has 2 saturated carbocycles. The van der Waals surface area contributed by atoms with Crippen molar-refractivity contribution in [2.75, 3.05) is 13.7 Å². The lowest BCUT2D eigenvalue weighted by Crippen LogP contribution is -2.53. The highest BCUT2D eigenvalue weighted by atomic mass is 16.5. The molecule has 2 unspecified atom stereocenters. The Morgan fingerprint density at radius 3 is 2.75 bits per heavy atom. The Labute approximate surface area is 122 Å². The van der Waals surface area contributed by atoms with Gasteiger partial charge in [0.15, 0.2) is 0 Å². The van der Waals surface area contributed by atoms with E-state index in [-0.39, 0.29) is 5.97 Å². The van der Waals surface area contributed by atoms with Crippen molar-refractivity contribution in [1.29, 1.82) is 0 Å². The van der Waals surface area contributed by atoms with Crippen LogP contribution in [0.25, 0.3) is 0 Å². The van der Waals surface area contributed by atoms with Crippen molar-refractivity contribution in [1.82, 2.24) is 4.90 Å². The number of fused-ring (bicyclic) bond motifs is 1. The fourth-order valence-corrected chi connectivity index (χ4v) is 4.84. The molecule has 0 bridgehead atoms. The van der Waals surface area contributed by atoms with Crippen molar-refractivity contribution >= 4 is 5.97 Å². The van der Waals surface area contributed by atoms with Gasteiger partial charge in [0.05, 0.1) is 7.11 Å². The standard InChI is InChI=1S/C16H28N2O2/c1-20-15(19)16(17)9-8-13(11-16)18-10-4-6-12-5-2-3-7-14(12)18/h12-14H,2-11,17H2,1H3/t12-,13?,14-,16?/m1/s1. The van der Waals surface area contributed by atoms with Crippen molar-refractivity contribution in [3.8, 4) is 0 Å². The Balaban J connectivity index is 1.68. The minimum absolute atomic E-state index is 0.225. The van der Waals surface area contributed by atoms with Gasteiger partial charge in [-0.3, -0.25) is 9.69 Å². The molecule has 1 heterocycles. The van der Waals surface area contributed by atoms with Gasteiger partial charge in [-0.15, -0.1) is 0 Å². The maximum absolute atomic E-state index is 11.9. The van der Waals surface area contributed by atoms with Crippen LogP contribution in [-0.4, -0.2) is 42.1 Å². The number of carbonyl (C=O) groups excluding carboxylic acids is 1. The molecular formula is C16H28N2O2. The average Bonchev–Trinajstić information content (AvgIpc) is 2.89. The van der Waals surface area contributed by atoms with Crippen LogP contribution in [0.4, 0.5) is 0 Å². The van der Waals surface area contributed by atoms with E-state index in [1.165, 1.54) is 52.2 Å². The number of likely N-dealkylation sites (tertiary alicyclic amines) is 1. The van der Waals surface area contributed by atoms with Crippen LogP contribution >= 0.6 is 0 Å². The Hall–Kier alpha value is -0.610. The van der Waals surface area contributed by atoms with Crippen LogP contribution < -0.4 is 5.73 Å². The predicted molar refractivity (Wildman–Crippen MR) is 78.3 cm³/mol. The number of methoxy groups -OCH3 is 1. The van der Waals surface area contributed by atoms with Gasteiger partial charge in [-0.25, -0.2) is 0 Å². The number of nitrogens with two attached hydrogens (primary N) is 1. The second kappa shape index (κ2) is 5.64. The van der Waals surface area contributed by atoms with E-state index in [4.69, 9.17) is 10.5 Å². The first kappa shape index (κ1) is 14.3. The van der Waals surface area contributed by atoms with E-state index >= 15 is 0 Å². The number of ether oxygens (including phenoxy) is 1. The Morgan fingerprint density at radius 2 is 1.95 bits per heavy atom. The molecule has 2 aliphatic carbocycles. The smallest absolute Gasteiger partial charge is 0.325 e. The van der Waals surface area contributed by atoms with Crippen LogP contribution in [0, 0.1) is 5.92 Å². The molecule has 0 amide bonds. The number of nitrogens with zero attached hydrogens (tertiary/aromatic N) is 1. The maximum atomic E-state index is 11.9. The molecule has 1 saturated heterocycles. The summed E-state index contributed by atoms with van der Waals surface area (Å²) in [5.74, 6) is 0.667. The molecule has 0 aromatic heterocycles. The molecular weight excluding hydrogens is 252 g/mol. The zero-order chi connectivity index (χ0) is 14.2. The molecule has 0 aromatic rings. The van der Waals surface area contributed by atoms with Gasteiger partial charge in [0.25, 0.3) is 0 Å². The molecule has 3 aliphatic rings. The van der Waals surface area contributed by atoms with Crippen LogP contribution in [0.3, 0.4) is 0 Å². The number of hydrogen-bond acceptors (Lipinski definition) is 4. The van der Waals surface area contributed by atoms with Gasteiger partial charge in [-0.1, -0.05) is 12.8 Å². The number of carbonyl (C=O) groups is 1. The van der Waals surface area contributed by atoms with Crippen LogP contribution in [0.5, 0.6) is 0 Å². The van der Waals surface area contributed by atoms with E-state index in [9.17, 15) is 4.79 Å². The summed E-state index contributed by atoms with van der Waals surface area (Å²) in [7, 11) is 1.45. The number of piperidine rings is 1. The second-order valence-electron chi connectivity index (χ2n) is 7.04. The normalized spacial score (nSPS) is 42.2. The predicted octanol–water partition coefficient (Wildman–Crippen LogP) is 2.06. The zero-order valence-corrected chi connectivity index (χ0v) is 12.6. The Kier molecular flexibility index (Phi) is 4.04. The van der Waals surface area contributed by atoms with Crippen molar-refractivity contribution in [2.45, 2.75) is 75.4 Å². The van der Waals surface area contributed by atoms with E-state index in [0.29, 0.717) is 6.04 Å². The third-order valence-electron chi connectivity index (χ3n) is 5.87. The minimum Gasteiger partial charge on any atom is -0.468 e. The molecule has 3 fully saturated rings. The van der Waals surface area contributed by atoms with Crippen LogP contribution in [0.2, 0.25) is 0 Å². The molecule has 20 heavy (non-hydrogen) atoms. The molecule has 3 rings (SSSR count). The van der Waals surface area contributed by atoms with Crippen molar-refractivity contribution < 1.29 is 9.53 Å². The fourth-order valence-electron chi connectivity index (χ4n) is 4.84. The molecule has 0 aromatic carbocycles. The van der Waals surface area contributed by atoms with Gasteiger partial charge in [-0.05, 0) is 57.4 Å². The molecule has 114 valence electrons. The number of esters is 1. The topological polar surface area (TPSA) is 55.6 Å². The average molecular weight is 280 g/mol. The number of hydrogen-bond donors (Lipinski definition) is 1. The van der Waals surface area contributed by atoms with Gasteiger partial charge in [-0.2, -0.15) is 0 Å². The summed E-state index contributed by atoms with van der Waals surface area (Å²) < 4.78 is 4.90. The minimum atomic E-state index is -0.735. The molecule has 4 heteroatoms. The first-order valence-electron chi connectivity index (χ1n) is 8.27.